The van der Waals surface area contributed by atoms with Gasteiger partial charge < -0.3 is 5.73 Å². The average Bonchev–Trinajstić information content (AvgIpc) is 2.32. The molecule has 0 aliphatic rings. The predicted molar refractivity (Wildman–Crippen MR) is 66.2 cm³/mol. The highest BCUT2D eigenvalue weighted by Crippen LogP contribution is 2.22. The summed E-state index contributed by atoms with van der Waals surface area (Å²) in [6.45, 7) is 0. The molecule has 17 heavy (non-hydrogen) atoms. The first kappa shape index (κ1) is 11.7. The van der Waals surface area contributed by atoms with Crippen LogP contribution in [0, 0.1) is 5.82 Å². The fourth-order valence-corrected chi connectivity index (χ4v) is 1.78. The zero-order valence-electron chi connectivity index (χ0n) is 8.65. The first-order valence-corrected chi connectivity index (χ1v) is 5.59. The summed E-state index contributed by atoms with van der Waals surface area (Å²) in [6.07, 6.45) is 1.44. The Kier molecular flexibility index (Phi) is 3.19. The van der Waals surface area contributed by atoms with E-state index in [-0.39, 0.29) is 21.4 Å². The Hall–Kier alpha value is -1.75. The Labute approximate surface area is 106 Å². The molecule has 86 valence electrons. The first-order valence-electron chi connectivity index (χ1n) is 4.80. The van der Waals surface area contributed by atoms with Crippen LogP contribution in [-0.4, -0.2) is 10.8 Å². The van der Waals surface area contributed by atoms with Gasteiger partial charge in [0, 0.05) is 6.20 Å². The minimum absolute atomic E-state index is 0.0511. The van der Waals surface area contributed by atoms with Crippen LogP contribution in [-0.2, 0) is 0 Å². The number of nitrogen functional groups attached to an aromatic ring is 1. The minimum Gasteiger partial charge on any atom is -0.397 e. The van der Waals surface area contributed by atoms with Crippen LogP contribution >= 0.6 is 15.9 Å². The summed E-state index contributed by atoms with van der Waals surface area (Å²) >= 11 is 3.03. The summed E-state index contributed by atoms with van der Waals surface area (Å²) in [6, 6.07) is 7.67. The average molecular weight is 295 g/mol. The van der Waals surface area contributed by atoms with E-state index < -0.39 is 11.6 Å². The van der Waals surface area contributed by atoms with Crippen molar-refractivity contribution in [2.45, 2.75) is 0 Å². The third-order valence-electron chi connectivity index (χ3n) is 2.25. The molecule has 0 radical (unpaired) electrons. The van der Waals surface area contributed by atoms with Gasteiger partial charge in [-0.15, -0.1) is 0 Å². The summed E-state index contributed by atoms with van der Waals surface area (Å²) in [5, 5.41) is 0. The van der Waals surface area contributed by atoms with Crippen LogP contribution in [0.2, 0.25) is 0 Å². The molecule has 1 heterocycles. The molecule has 0 aliphatic carbocycles. The van der Waals surface area contributed by atoms with Crippen molar-refractivity contribution in [2.75, 3.05) is 5.73 Å². The molecule has 2 aromatic rings. The molecule has 0 spiro atoms. The number of benzene rings is 1. The highest BCUT2D eigenvalue weighted by Gasteiger charge is 2.18. The van der Waals surface area contributed by atoms with Gasteiger partial charge in [-0.2, -0.15) is 0 Å². The lowest BCUT2D eigenvalue weighted by Gasteiger charge is -2.05. The van der Waals surface area contributed by atoms with Crippen molar-refractivity contribution in [3.8, 4) is 0 Å². The second-order valence-corrected chi connectivity index (χ2v) is 4.23. The van der Waals surface area contributed by atoms with Crippen molar-refractivity contribution in [2.24, 2.45) is 0 Å². The number of halogens is 2. The van der Waals surface area contributed by atoms with Crippen molar-refractivity contribution in [3.05, 3.63) is 58.1 Å². The second-order valence-electron chi connectivity index (χ2n) is 3.37. The number of carbonyl (C=O) groups excluding carboxylic acids is 1. The summed E-state index contributed by atoms with van der Waals surface area (Å²) in [7, 11) is 0. The molecule has 0 saturated heterocycles. The Morgan fingerprint density at radius 2 is 2.06 bits per heavy atom. The molecule has 1 aromatic carbocycles. The van der Waals surface area contributed by atoms with E-state index >= 15 is 0 Å². The van der Waals surface area contributed by atoms with Crippen molar-refractivity contribution in [1.82, 2.24) is 4.98 Å². The van der Waals surface area contributed by atoms with Gasteiger partial charge in [-0.25, -0.2) is 4.39 Å². The van der Waals surface area contributed by atoms with Crippen LogP contribution in [0.1, 0.15) is 16.1 Å². The number of carbonyl (C=O) groups is 1. The number of ketones is 1. The number of pyridine rings is 1. The van der Waals surface area contributed by atoms with Crippen LogP contribution in [0.4, 0.5) is 10.1 Å². The maximum atomic E-state index is 13.7. The van der Waals surface area contributed by atoms with E-state index in [4.69, 9.17) is 5.73 Å². The third kappa shape index (κ3) is 2.19. The van der Waals surface area contributed by atoms with E-state index in [1.807, 2.05) is 0 Å². The van der Waals surface area contributed by atoms with E-state index in [0.717, 1.165) is 0 Å². The lowest BCUT2D eigenvalue weighted by atomic mass is 10.1. The molecule has 3 nitrogen and oxygen atoms in total. The fraction of sp³-hybridized carbons (Fsp3) is 0. The molecule has 0 amide bonds. The van der Waals surface area contributed by atoms with Gasteiger partial charge in [0.25, 0.3) is 0 Å². The molecule has 2 N–H and O–H groups in total. The van der Waals surface area contributed by atoms with Crippen molar-refractivity contribution in [3.63, 3.8) is 0 Å². The van der Waals surface area contributed by atoms with Gasteiger partial charge in [-0.1, -0.05) is 6.07 Å². The van der Waals surface area contributed by atoms with Crippen molar-refractivity contribution < 1.29 is 9.18 Å². The van der Waals surface area contributed by atoms with E-state index in [1.165, 1.54) is 18.3 Å². The lowest BCUT2D eigenvalue weighted by Crippen LogP contribution is -2.09. The summed E-state index contributed by atoms with van der Waals surface area (Å²) in [5.41, 5.74) is 5.87. The quantitative estimate of drug-likeness (QED) is 0.867. The van der Waals surface area contributed by atoms with Crippen LogP contribution in [0.3, 0.4) is 0 Å². The highest BCUT2D eigenvalue weighted by molar-refractivity contribution is 9.10. The smallest absolute Gasteiger partial charge is 0.216 e. The Morgan fingerprint density at radius 1 is 1.29 bits per heavy atom. The molecular formula is C12H8BrFN2O. The maximum absolute atomic E-state index is 13.7. The largest absolute Gasteiger partial charge is 0.397 e. The Morgan fingerprint density at radius 3 is 2.76 bits per heavy atom. The maximum Gasteiger partial charge on any atom is 0.216 e. The SMILES string of the molecule is Nc1cccnc1C(=O)c1cccc(Br)c1F. The lowest BCUT2D eigenvalue weighted by molar-refractivity contribution is 0.103. The highest BCUT2D eigenvalue weighted by atomic mass is 79.9. The van der Waals surface area contributed by atoms with Gasteiger partial charge in [-0.05, 0) is 40.2 Å². The number of anilines is 1. The van der Waals surface area contributed by atoms with Crippen LogP contribution in [0.5, 0.6) is 0 Å². The summed E-state index contributed by atoms with van der Waals surface area (Å²) in [4.78, 5) is 15.9. The Bertz CT molecular complexity index is 586. The molecule has 5 heteroatoms. The zero-order chi connectivity index (χ0) is 12.4. The van der Waals surface area contributed by atoms with Gasteiger partial charge in [0.05, 0.1) is 15.7 Å². The van der Waals surface area contributed by atoms with E-state index in [0.29, 0.717) is 0 Å². The van der Waals surface area contributed by atoms with Crippen LogP contribution < -0.4 is 5.73 Å². The molecule has 1 aromatic heterocycles. The van der Waals surface area contributed by atoms with Gasteiger partial charge >= 0.3 is 0 Å². The zero-order valence-corrected chi connectivity index (χ0v) is 10.2. The van der Waals surface area contributed by atoms with E-state index in [9.17, 15) is 9.18 Å². The molecule has 0 bridgehead atoms. The molecule has 0 fully saturated rings. The second kappa shape index (κ2) is 4.63. The standard InChI is InChI=1S/C12H8BrFN2O/c13-8-4-1-3-7(10(8)14)12(17)11-9(15)5-2-6-16-11/h1-6H,15H2. The molecule has 0 aliphatic heterocycles. The fourth-order valence-electron chi connectivity index (χ4n) is 1.41. The number of rotatable bonds is 2. The van der Waals surface area contributed by atoms with Crippen LogP contribution in [0.15, 0.2) is 41.0 Å². The number of nitrogens with zero attached hydrogens (tertiary/aromatic N) is 1. The van der Waals surface area contributed by atoms with Crippen molar-refractivity contribution >= 4 is 27.4 Å². The first-order chi connectivity index (χ1) is 8.11. The molecular weight excluding hydrogens is 287 g/mol. The normalized spacial score (nSPS) is 10.2. The van der Waals surface area contributed by atoms with E-state index in [2.05, 4.69) is 20.9 Å². The molecule has 0 saturated carbocycles. The number of aromatic nitrogens is 1. The van der Waals surface area contributed by atoms with Crippen molar-refractivity contribution in [1.29, 1.82) is 0 Å². The predicted octanol–water partition coefficient (Wildman–Crippen LogP) is 2.80. The van der Waals surface area contributed by atoms with Gasteiger partial charge in [0.1, 0.15) is 11.5 Å². The molecule has 0 unspecified atom stereocenters. The number of hydrogen-bond acceptors (Lipinski definition) is 3. The topological polar surface area (TPSA) is 56.0 Å². The molecule has 2 rings (SSSR count). The van der Waals surface area contributed by atoms with Gasteiger partial charge in [0.15, 0.2) is 0 Å². The monoisotopic (exact) mass is 294 g/mol. The van der Waals surface area contributed by atoms with Gasteiger partial charge in [-0.3, -0.25) is 9.78 Å². The molecule has 0 atom stereocenters. The number of hydrogen-bond donors (Lipinski definition) is 1. The summed E-state index contributed by atoms with van der Waals surface area (Å²) < 4.78 is 14.0. The third-order valence-corrected chi connectivity index (χ3v) is 2.86. The van der Waals surface area contributed by atoms with E-state index in [1.54, 1.807) is 18.2 Å². The summed E-state index contributed by atoms with van der Waals surface area (Å²) in [5.74, 6) is -1.13. The number of nitrogens with two attached hydrogens (primary N) is 1. The van der Waals surface area contributed by atoms with Crippen LogP contribution in [0.25, 0.3) is 0 Å². The van der Waals surface area contributed by atoms with Gasteiger partial charge in [0.2, 0.25) is 5.78 Å². The minimum atomic E-state index is -0.609. The Balaban J connectivity index is 2.52.